The number of nitrogens with two attached hydrogens (primary N) is 1. The smallest absolute Gasteiger partial charge is 0.126 e. The van der Waals surface area contributed by atoms with Crippen molar-refractivity contribution in [2.24, 2.45) is 5.73 Å². The Morgan fingerprint density at radius 2 is 1.95 bits per heavy atom. The molecule has 0 amide bonds. The monoisotopic (exact) mass is 276 g/mol. The van der Waals surface area contributed by atoms with Crippen LogP contribution in [0.4, 0.5) is 0 Å². The quantitative estimate of drug-likeness (QED) is 0.736. The van der Waals surface area contributed by atoms with Gasteiger partial charge in [0.25, 0.3) is 0 Å². The predicted octanol–water partition coefficient (Wildman–Crippen LogP) is 3.76. The molecule has 0 fully saturated rings. The summed E-state index contributed by atoms with van der Waals surface area (Å²) in [4.78, 5) is 4.35. The van der Waals surface area contributed by atoms with Crippen molar-refractivity contribution >= 4 is 10.9 Å². The van der Waals surface area contributed by atoms with Crippen LogP contribution in [-0.4, -0.2) is 4.98 Å². The zero-order chi connectivity index (χ0) is 14.2. The Morgan fingerprint density at radius 3 is 2.90 bits per heavy atom. The molecule has 3 aromatic rings. The van der Waals surface area contributed by atoms with Crippen molar-refractivity contribution in [1.82, 2.24) is 4.98 Å². The Morgan fingerprint density at radius 1 is 1.05 bits per heavy atom. The molecule has 0 bridgehead atoms. The molecule has 0 aliphatic carbocycles. The van der Waals surface area contributed by atoms with Gasteiger partial charge in [0.05, 0.1) is 5.52 Å². The van der Waals surface area contributed by atoms with E-state index in [0.29, 0.717) is 0 Å². The minimum Gasteiger partial charge on any atom is -0.485 e. The summed E-state index contributed by atoms with van der Waals surface area (Å²) in [6.07, 6.45) is 2.60. The maximum atomic E-state index is 6.29. The molecule has 0 radical (unpaired) electrons. The third-order valence-corrected chi connectivity index (χ3v) is 4.05. The molecule has 0 saturated carbocycles. The van der Waals surface area contributed by atoms with E-state index in [1.54, 1.807) is 0 Å². The number of fused-ring (bicyclic) bond motifs is 2. The molecule has 4 rings (SSSR count). The van der Waals surface area contributed by atoms with E-state index in [0.717, 1.165) is 34.2 Å². The van der Waals surface area contributed by atoms with Gasteiger partial charge in [-0.15, -0.1) is 0 Å². The predicted molar refractivity (Wildman–Crippen MR) is 83.1 cm³/mol. The van der Waals surface area contributed by atoms with Crippen LogP contribution in [0.15, 0.2) is 60.8 Å². The standard InChI is InChI=1S/C18H16N2O/c19-15-11-18(21-17-6-2-1-5-14(15)17)13-7-8-16-12(10-13)4-3-9-20-16/h1-10,15,18H,11,19H2. The molecule has 1 aliphatic rings. The first-order valence-electron chi connectivity index (χ1n) is 7.17. The molecule has 2 atom stereocenters. The third kappa shape index (κ3) is 2.16. The van der Waals surface area contributed by atoms with Gasteiger partial charge in [0, 0.05) is 29.6 Å². The van der Waals surface area contributed by atoms with Crippen molar-refractivity contribution in [3.8, 4) is 5.75 Å². The van der Waals surface area contributed by atoms with Crippen molar-refractivity contribution in [2.45, 2.75) is 18.6 Å². The number of nitrogens with zero attached hydrogens (tertiary/aromatic N) is 1. The number of benzene rings is 2. The highest BCUT2D eigenvalue weighted by Gasteiger charge is 2.26. The summed E-state index contributed by atoms with van der Waals surface area (Å²) in [5.41, 5.74) is 9.54. The van der Waals surface area contributed by atoms with Gasteiger partial charge >= 0.3 is 0 Å². The molecule has 2 aromatic carbocycles. The zero-order valence-corrected chi connectivity index (χ0v) is 11.6. The summed E-state index contributed by atoms with van der Waals surface area (Å²) in [5, 5.41) is 1.13. The molecule has 3 nitrogen and oxygen atoms in total. The lowest BCUT2D eigenvalue weighted by Gasteiger charge is -2.30. The van der Waals surface area contributed by atoms with Gasteiger partial charge in [0.15, 0.2) is 0 Å². The van der Waals surface area contributed by atoms with Gasteiger partial charge in [0.1, 0.15) is 11.9 Å². The summed E-state index contributed by atoms with van der Waals surface area (Å²) >= 11 is 0. The molecule has 0 spiro atoms. The molecule has 2 heterocycles. The van der Waals surface area contributed by atoms with E-state index < -0.39 is 0 Å². The van der Waals surface area contributed by atoms with Gasteiger partial charge in [-0.3, -0.25) is 4.98 Å². The molecular formula is C18H16N2O. The van der Waals surface area contributed by atoms with Gasteiger partial charge in [-0.1, -0.05) is 30.3 Å². The number of rotatable bonds is 1. The van der Waals surface area contributed by atoms with Crippen LogP contribution in [0.3, 0.4) is 0 Å². The van der Waals surface area contributed by atoms with E-state index in [-0.39, 0.29) is 12.1 Å². The normalized spacial score (nSPS) is 20.8. The maximum Gasteiger partial charge on any atom is 0.126 e. The van der Waals surface area contributed by atoms with Crippen LogP contribution < -0.4 is 10.5 Å². The SMILES string of the molecule is NC1CC(c2ccc3ncccc3c2)Oc2ccccc21. The van der Waals surface area contributed by atoms with Crippen LogP contribution in [-0.2, 0) is 0 Å². The second-order valence-electron chi connectivity index (χ2n) is 5.44. The summed E-state index contributed by atoms with van der Waals surface area (Å²) in [7, 11) is 0. The van der Waals surface area contributed by atoms with E-state index in [1.807, 2.05) is 42.6 Å². The molecule has 21 heavy (non-hydrogen) atoms. The van der Waals surface area contributed by atoms with Crippen LogP contribution in [0, 0.1) is 0 Å². The van der Waals surface area contributed by atoms with Crippen molar-refractivity contribution in [1.29, 1.82) is 0 Å². The Bertz CT molecular complexity index is 800. The second-order valence-corrected chi connectivity index (χ2v) is 5.44. The lowest BCUT2D eigenvalue weighted by Crippen LogP contribution is -2.24. The van der Waals surface area contributed by atoms with Crippen LogP contribution >= 0.6 is 0 Å². The molecule has 2 unspecified atom stereocenters. The highest BCUT2D eigenvalue weighted by atomic mass is 16.5. The molecule has 1 aromatic heterocycles. The number of pyridine rings is 1. The van der Waals surface area contributed by atoms with E-state index in [1.165, 1.54) is 0 Å². The Hall–Kier alpha value is -2.39. The number of ether oxygens (including phenoxy) is 1. The van der Waals surface area contributed by atoms with Crippen LogP contribution in [0.5, 0.6) is 5.75 Å². The van der Waals surface area contributed by atoms with Crippen LogP contribution in [0.1, 0.15) is 29.7 Å². The van der Waals surface area contributed by atoms with E-state index in [2.05, 4.69) is 23.2 Å². The van der Waals surface area contributed by atoms with Crippen molar-refractivity contribution in [3.63, 3.8) is 0 Å². The molecule has 2 N–H and O–H groups in total. The fourth-order valence-corrected chi connectivity index (χ4v) is 2.95. The highest BCUT2D eigenvalue weighted by Crippen LogP contribution is 2.39. The van der Waals surface area contributed by atoms with Crippen molar-refractivity contribution in [2.75, 3.05) is 0 Å². The number of hydrogen-bond acceptors (Lipinski definition) is 3. The first-order chi connectivity index (χ1) is 10.3. The molecule has 0 saturated heterocycles. The van der Waals surface area contributed by atoms with Gasteiger partial charge in [0.2, 0.25) is 0 Å². The lowest BCUT2D eigenvalue weighted by atomic mass is 9.93. The third-order valence-electron chi connectivity index (χ3n) is 4.05. The first-order valence-corrected chi connectivity index (χ1v) is 7.17. The summed E-state index contributed by atoms with van der Waals surface area (Å²) < 4.78 is 6.14. The average molecular weight is 276 g/mol. The Kier molecular flexibility index (Phi) is 2.86. The fraction of sp³-hybridized carbons (Fsp3) is 0.167. The van der Waals surface area contributed by atoms with Gasteiger partial charge in [-0.2, -0.15) is 0 Å². The average Bonchev–Trinajstić information content (AvgIpc) is 2.54. The summed E-state index contributed by atoms with van der Waals surface area (Å²) in [5.74, 6) is 0.896. The number of para-hydroxylation sites is 1. The van der Waals surface area contributed by atoms with Gasteiger partial charge < -0.3 is 10.5 Å². The van der Waals surface area contributed by atoms with Gasteiger partial charge in [-0.05, 0) is 29.8 Å². The van der Waals surface area contributed by atoms with Crippen LogP contribution in [0.2, 0.25) is 0 Å². The van der Waals surface area contributed by atoms with E-state index in [4.69, 9.17) is 10.5 Å². The topological polar surface area (TPSA) is 48.1 Å². The highest BCUT2D eigenvalue weighted by molar-refractivity contribution is 5.79. The zero-order valence-electron chi connectivity index (χ0n) is 11.6. The second kappa shape index (κ2) is 4.86. The van der Waals surface area contributed by atoms with Crippen molar-refractivity contribution < 1.29 is 4.74 Å². The Labute approximate surface area is 123 Å². The lowest BCUT2D eigenvalue weighted by molar-refractivity contribution is 0.161. The first kappa shape index (κ1) is 12.4. The summed E-state index contributed by atoms with van der Waals surface area (Å²) in [6.45, 7) is 0. The van der Waals surface area contributed by atoms with E-state index in [9.17, 15) is 0 Å². The molecule has 1 aliphatic heterocycles. The molecular weight excluding hydrogens is 260 g/mol. The van der Waals surface area contributed by atoms with Crippen LogP contribution in [0.25, 0.3) is 10.9 Å². The number of hydrogen-bond donors (Lipinski definition) is 1. The van der Waals surface area contributed by atoms with E-state index >= 15 is 0 Å². The summed E-state index contributed by atoms with van der Waals surface area (Å²) in [6, 6.07) is 18.3. The molecule has 104 valence electrons. The fourth-order valence-electron chi connectivity index (χ4n) is 2.95. The minimum absolute atomic E-state index is 0.000457. The largest absolute Gasteiger partial charge is 0.485 e. The minimum atomic E-state index is -0.000457. The maximum absolute atomic E-state index is 6.29. The number of aromatic nitrogens is 1. The van der Waals surface area contributed by atoms with Gasteiger partial charge in [-0.25, -0.2) is 0 Å². The molecule has 3 heteroatoms. The Balaban J connectivity index is 1.73. The van der Waals surface area contributed by atoms with Crippen molar-refractivity contribution in [3.05, 3.63) is 71.9 Å².